The van der Waals surface area contributed by atoms with Crippen molar-refractivity contribution in [2.24, 2.45) is 5.41 Å². The maximum absolute atomic E-state index is 11.4. The minimum Gasteiger partial charge on any atom is -0.298 e. The minimum absolute atomic E-state index is 0.140. The van der Waals surface area contributed by atoms with Crippen molar-refractivity contribution < 1.29 is 4.79 Å². The van der Waals surface area contributed by atoms with E-state index in [1.165, 1.54) is 44.9 Å². The van der Waals surface area contributed by atoms with Crippen LogP contribution in [0.25, 0.3) is 0 Å². The number of likely N-dealkylation sites (tertiary alicyclic amines) is 1. The maximum Gasteiger partial charge on any atom is 0.146 e. The van der Waals surface area contributed by atoms with Crippen LogP contribution in [0.2, 0.25) is 0 Å². The Balaban J connectivity index is 1.88. The summed E-state index contributed by atoms with van der Waals surface area (Å²) in [5.41, 5.74) is 0.658. The quantitative estimate of drug-likeness (QED) is 0.717. The molecule has 2 fully saturated rings. The molecule has 1 spiro atoms. The zero-order valence-corrected chi connectivity index (χ0v) is 10.8. The number of rotatable bonds is 2. The van der Waals surface area contributed by atoms with E-state index in [4.69, 9.17) is 0 Å². The predicted octanol–water partition coefficient (Wildman–Crippen LogP) is 3.01. The van der Waals surface area contributed by atoms with E-state index >= 15 is 0 Å². The third-order valence-corrected chi connectivity index (χ3v) is 4.91. The Kier molecular flexibility index (Phi) is 3.68. The fraction of sp³-hybridized carbons (Fsp3) is 0.929. The fourth-order valence-electron chi connectivity index (χ4n) is 3.44. The molecule has 1 aliphatic carbocycles. The third kappa shape index (κ3) is 2.48. The molecule has 0 aromatic heterocycles. The highest BCUT2D eigenvalue weighted by Gasteiger charge is 2.36. The molecular weight excluding hydrogens is 198 g/mol. The molecule has 0 amide bonds. The molecule has 92 valence electrons. The second-order valence-corrected chi connectivity index (χ2v) is 5.88. The lowest BCUT2D eigenvalue weighted by Gasteiger charge is -2.45. The third-order valence-electron chi connectivity index (χ3n) is 4.91. The number of nitrogens with zero attached hydrogens (tertiary/aromatic N) is 1. The van der Waals surface area contributed by atoms with E-state index in [-0.39, 0.29) is 6.04 Å². The molecule has 0 N–H and O–H groups in total. The Morgan fingerprint density at radius 1 is 1.06 bits per heavy atom. The molecule has 0 aromatic carbocycles. The topological polar surface area (TPSA) is 20.3 Å². The van der Waals surface area contributed by atoms with Crippen molar-refractivity contribution in [1.82, 2.24) is 4.90 Å². The lowest BCUT2D eigenvalue weighted by Crippen LogP contribution is -2.47. The second-order valence-electron chi connectivity index (χ2n) is 5.88. The summed E-state index contributed by atoms with van der Waals surface area (Å²) in [7, 11) is 0. The fourth-order valence-corrected chi connectivity index (χ4v) is 3.44. The molecule has 2 aliphatic rings. The standard InChI is InChI=1S/C14H25NO/c1-12(13(2)16)15-10-8-14(9-11-15)6-4-3-5-7-14/h12H,3-11H2,1-2H3. The van der Waals surface area contributed by atoms with Crippen molar-refractivity contribution in [2.45, 2.75) is 64.8 Å². The molecule has 0 bridgehead atoms. The lowest BCUT2D eigenvalue weighted by molar-refractivity contribution is -0.122. The number of piperidine rings is 1. The van der Waals surface area contributed by atoms with E-state index in [0.29, 0.717) is 11.2 Å². The summed E-state index contributed by atoms with van der Waals surface area (Å²) in [6.07, 6.45) is 9.83. The summed E-state index contributed by atoms with van der Waals surface area (Å²) >= 11 is 0. The van der Waals surface area contributed by atoms with Gasteiger partial charge in [0.15, 0.2) is 0 Å². The lowest BCUT2D eigenvalue weighted by atomic mass is 9.68. The van der Waals surface area contributed by atoms with Crippen LogP contribution in [0.1, 0.15) is 58.8 Å². The summed E-state index contributed by atoms with van der Waals surface area (Å²) in [4.78, 5) is 13.7. The van der Waals surface area contributed by atoms with Gasteiger partial charge in [-0.3, -0.25) is 9.69 Å². The summed E-state index contributed by atoms with van der Waals surface area (Å²) in [6.45, 7) is 6.05. The predicted molar refractivity (Wildman–Crippen MR) is 66.5 cm³/mol. The Hall–Kier alpha value is -0.370. The van der Waals surface area contributed by atoms with E-state index in [9.17, 15) is 4.79 Å². The van der Waals surface area contributed by atoms with Crippen LogP contribution in [0.4, 0.5) is 0 Å². The first-order valence-corrected chi connectivity index (χ1v) is 6.88. The smallest absolute Gasteiger partial charge is 0.146 e. The Morgan fingerprint density at radius 2 is 1.62 bits per heavy atom. The summed E-state index contributed by atoms with van der Waals surface area (Å²) in [5, 5.41) is 0. The van der Waals surface area contributed by atoms with E-state index in [0.717, 1.165) is 13.1 Å². The molecule has 1 saturated carbocycles. The number of hydrogen-bond donors (Lipinski definition) is 0. The van der Waals surface area contributed by atoms with E-state index in [1.807, 2.05) is 0 Å². The Morgan fingerprint density at radius 3 is 2.12 bits per heavy atom. The zero-order valence-electron chi connectivity index (χ0n) is 10.8. The highest BCUT2D eigenvalue weighted by molar-refractivity contribution is 5.80. The van der Waals surface area contributed by atoms with Crippen molar-refractivity contribution in [3.05, 3.63) is 0 Å². The van der Waals surface area contributed by atoms with Crippen LogP contribution in [-0.2, 0) is 4.79 Å². The van der Waals surface area contributed by atoms with Gasteiger partial charge in [0.2, 0.25) is 0 Å². The van der Waals surface area contributed by atoms with Gasteiger partial charge in [0.1, 0.15) is 5.78 Å². The molecule has 2 nitrogen and oxygen atoms in total. The van der Waals surface area contributed by atoms with Crippen molar-refractivity contribution in [3.8, 4) is 0 Å². The Labute approximate surface area is 99.4 Å². The van der Waals surface area contributed by atoms with Crippen LogP contribution in [0.15, 0.2) is 0 Å². The average molecular weight is 223 g/mol. The zero-order chi connectivity index (χ0) is 11.6. The number of carbonyl (C=O) groups is 1. The van der Waals surface area contributed by atoms with Gasteiger partial charge < -0.3 is 0 Å². The summed E-state index contributed by atoms with van der Waals surface area (Å²) in [5.74, 6) is 0.319. The first-order valence-electron chi connectivity index (χ1n) is 6.88. The van der Waals surface area contributed by atoms with Gasteiger partial charge in [-0.2, -0.15) is 0 Å². The molecule has 2 rings (SSSR count). The van der Waals surface area contributed by atoms with Crippen LogP contribution >= 0.6 is 0 Å². The van der Waals surface area contributed by atoms with Gasteiger partial charge >= 0.3 is 0 Å². The van der Waals surface area contributed by atoms with Gasteiger partial charge in [-0.25, -0.2) is 0 Å². The van der Waals surface area contributed by atoms with Gasteiger partial charge in [0.25, 0.3) is 0 Å². The number of hydrogen-bond acceptors (Lipinski definition) is 2. The highest BCUT2D eigenvalue weighted by Crippen LogP contribution is 2.44. The molecule has 0 aromatic rings. The molecule has 1 saturated heterocycles. The molecule has 2 heteroatoms. The van der Waals surface area contributed by atoms with Crippen LogP contribution in [0.3, 0.4) is 0 Å². The first-order chi connectivity index (χ1) is 7.63. The van der Waals surface area contributed by atoms with Crippen LogP contribution in [0, 0.1) is 5.41 Å². The van der Waals surface area contributed by atoms with Gasteiger partial charge in [0, 0.05) is 0 Å². The van der Waals surface area contributed by atoms with Gasteiger partial charge in [-0.1, -0.05) is 19.3 Å². The molecule has 0 radical (unpaired) electrons. The van der Waals surface area contributed by atoms with Crippen molar-refractivity contribution in [1.29, 1.82) is 0 Å². The average Bonchev–Trinajstić information content (AvgIpc) is 2.30. The van der Waals surface area contributed by atoms with E-state index in [1.54, 1.807) is 6.92 Å². The monoisotopic (exact) mass is 223 g/mol. The van der Waals surface area contributed by atoms with E-state index in [2.05, 4.69) is 11.8 Å². The molecule has 1 unspecified atom stereocenters. The Bertz CT molecular complexity index is 245. The van der Waals surface area contributed by atoms with Crippen LogP contribution in [-0.4, -0.2) is 29.8 Å². The molecule has 1 atom stereocenters. The highest BCUT2D eigenvalue weighted by atomic mass is 16.1. The summed E-state index contributed by atoms with van der Waals surface area (Å²) < 4.78 is 0. The van der Waals surface area contributed by atoms with Crippen LogP contribution in [0.5, 0.6) is 0 Å². The SMILES string of the molecule is CC(=O)C(C)N1CCC2(CCCCC2)CC1. The second kappa shape index (κ2) is 4.87. The largest absolute Gasteiger partial charge is 0.298 e. The first kappa shape index (κ1) is 12.1. The summed E-state index contributed by atoms with van der Waals surface area (Å²) in [6, 6.07) is 0.140. The van der Waals surface area contributed by atoms with Gasteiger partial charge in [-0.15, -0.1) is 0 Å². The number of ketones is 1. The van der Waals surface area contributed by atoms with Crippen LogP contribution < -0.4 is 0 Å². The molecule has 16 heavy (non-hydrogen) atoms. The van der Waals surface area contributed by atoms with Crippen molar-refractivity contribution in [3.63, 3.8) is 0 Å². The molecular formula is C14H25NO. The maximum atomic E-state index is 11.4. The number of carbonyl (C=O) groups excluding carboxylic acids is 1. The normalized spacial score (nSPS) is 27.9. The van der Waals surface area contributed by atoms with Gasteiger partial charge in [-0.05, 0) is 58.0 Å². The van der Waals surface area contributed by atoms with Crippen molar-refractivity contribution in [2.75, 3.05) is 13.1 Å². The minimum atomic E-state index is 0.140. The molecule has 1 aliphatic heterocycles. The van der Waals surface area contributed by atoms with E-state index < -0.39 is 0 Å². The number of Topliss-reactive ketones (excluding diaryl/α,β-unsaturated/α-hetero) is 1. The van der Waals surface area contributed by atoms with Crippen molar-refractivity contribution >= 4 is 5.78 Å². The molecule has 1 heterocycles. The van der Waals surface area contributed by atoms with Gasteiger partial charge in [0.05, 0.1) is 6.04 Å².